The molecule has 29 heavy (non-hydrogen) atoms. The quantitative estimate of drug-likeness (QED) is 0.397. The summed E-state index contributed by atoms with van der Waals surface area (Å²) in [6.07, 6.45) is 0. The Balaban J connectivity index is 1.62. The normalized spacial score (nSPS) is 14.1. The second-order valence-corrected chi connectivity index (χ2v) is 8.73. The van der Waals surface area contributed by atoms with E-state index in [1.807, 2.05) is 24.0 Å². The maximum atomic E-state index is 12.6. The number of aryl methyl sites for hydroxylation is 1. The van der Waals surface area contributed by atoms with E-state index in [1.165, 1.54) is 6.07 Å². The van der Waals surface area contributed by atoms with Crippen LogP contribution in [0.15, 0.2) is 39.3 Å². The second kappa shape index (κ2) is 9.32. The molecule has 0 atom stereocenters. The molecule has 1 aliphatic rings. The molecule has 1 aliphatic heterocycles. The van der Waals surface area contributed by atoms with Crippen molar-refractivity contribution in [1.29, 1.82) is 0 Å². The van der Waals surface area contributed by atoms with Crippen LogP contribution >= 0.6 is 43.5 Å². The summed E-state index contributed by atoms with van der Waals surface area (Å²) in [7, 11) is 0. The summed E-state index contributed by atoms with van der Waals surface area (Å²) >= 11 is 13.1. The SMILES string of the molecule is Cc1cc(Br)cc(Br)c1OCC(=O)N1CCN(c2c(Cl)cccc2[N+](=O)[O-])CC1. The number of nitrogens with zero attached hydrogens (tertiary/aromatic N) is 3. The van der Waals surface area contributed by atoms with Crippen LogP contribution < -0.4 is 9.64 Å². The Labute approximate surface area is 190 Å². The number of carbonyl (C=O) groups excluding carboxylic acids is 1. The third-order valence-corrected chi connectivity index (χ3v) is 6.00. The van der Waals surface area contributed by atoms with Crippen LogP contribution in [0.4, 0.5) is 11.4 Å². The fourth-order valence-electron chi connectivity index (χ4n) is 3.24. The molecule has 2 aromatic carbocycles. The van der Waals surface area contributed by atoms with E-state index in [-0.39, 0.29) is 18.2 Å². The van der Waals surface area contributed by atoms with Crippen molar-refractivity contribution in [2.75, 3.05) is 37.7 Å². The standard InChI is InChI=1S/C19H18Br2ClN3O4/c1-12-9-13(20)10-14(21)19(12)29-11-17(26)23-5-7-24(8-6-23)18-15(22)3-2-4-16(18)25(27)28/h2-4,9-10H,5-8,11H2,1H3. The molecule has 154 valence electrons. The molecule has 0 aliphatic carbocycles. The van der Waals surface area contributed by atoms with E-state index in [4.69, 9.17) is 16.3 Å². The number of piperazine rings is 1. The van der Waals surface area contributed by atoms with Crippen LogP contribution in [0.2, 0.25) is 5.02 Å². The first-order valence-corrected chi connectivity index (χ1v) is 10.8. The Morgan fingerprint density at radius 1 is 1.24 bits per heavy atom. The third-order valence-electron chi connectivity index (χ3n) is 4.64. The summed E-state index contributed by atoms with van der Waals surface area (Å²) in [5, 5.41) is 11.6. The Morgan fingerprint density at radius 3 is 2.55 bits per heavy atom. The van der Waals surface area contributed by atoms with Gasteiger partial charge in [0.25, 0.3) is 11.6 Å². The van der Waals surface area contributed by atoms with Gasteiger partial charge in [-0.2, -0.15) is 0 Å². The van der Waals surface area contributed by atoms with Gasteiger partial charge in [0, 0.05) is 36.7 Å². The molecular formula is C19H18Br2ClN3O4. The molecule has 0 bridgehead atoms. The minimum atomic E-state index is -0.439. The van der Waals surface area contributed by atoms with Gasteiger partial charge in [-0.25, -0.2) is 0 Å². The predicted octanol–water partition coefficient (Wildman–Crippen LogP) is 4.81. The summed E-state index contributed by atoms with van der Waals surface area (Å²) < 4.78 is 7.43. The van der Waals surface area contributed by atoms with E-state index in [0.29, 0.717) is 42.6 Å². The van der Waals surface area contributed by atoms with Crippen LogP contribution in [0.25, 0.3) is 0 Å². The molecule has 7 nitrogen and oxygen atoms in total. The topological polar surface area (TPSA) is 75.9 Å². The molecule has 0 saturated carbocycles. The van der Waals surface area contributed by atoms with Crippen LogP contribution in [-0.4, -0.2) is 48.5 Å². The van der Waals surface area contributed by atoms with Crippen molar-refractivity contribution >= 4 is 60.7 Å². The lowest BCUT2D eigenvalue weighted by Crippen LogP contribution is -2.50. The molecule has 1 fully saturated rings. The number of anilines is 1. The molecule has 0 N–H and O–H groups in total. The van der Waals surface area contributed by atoms with Gasteiger partial charge in [-0.05, 0) is 46.6 Å². The number of hydrogen-bond donors (Lipinski definition) is 0. The van der Waals surface area contributed by atoms with E-state index < -0.39 is 4.92 Å². The van der Waals surface area contributed by atoms with Gasteiger partial charge in [-0.1, -0.05) is 33.6 Å². The zero-order valence-electron chi connectivity index (χ0n) is 15.5. The molecule has 1 amide bonds. The highest BCUT2D eigenvalue weighted by Gasteiger charge is 2.28. The molecule has 1 saturated heterocycles. The Hall–Kier alpha value is -1.84. The van der Waals surface area contributed by atoms with Gasteiger partial charge in [0.15, 0.2) is 6.61 Å². The number of nitro groups is 1. The van der Waals surface area contributed by atoms with E-state index in [2.05, 4.69) is 31.9 Å². The Bertz CT molecular complexity index is 926. The fraction of sp³-hybridized carbons (Fsp3) is 0.316. The highest BCUT2D eigenvalue weighted by molar-refractivity contribution is 9.11. The number of ether oxygens (including phenoxy) is 1. The first-order chi connectivity index (χ1) is 13.8. The summed E-state index contributed by atoms with van der Waals surface area (Å²) in [6, 6.07) is 8.41. The van der Waals surface area contributed by atoms with Crippen molar-refractivity contribution < 1.29 is 14.5 Å². The first kappa shape index (κ1) is 21.9. The summed E-state index contributed by atoms with van der Waals surface area (Å²) in [6.45, 7) is 3.61. The van der Waals surface area contributed by atoms with Crippen molar-refractivity contribution in [1.82, 2.24) is 4.90 Å². The highest BCUT2D eigenvalue weighted by atomic mass is 79.9. The molecule has 10 heteroatoms. The molecule has 2 aromatic rings. The number of halogens is 3. The van der Waals surface area contributed by atoms with Crippen LogP contribution in [0.3, 0.4) is 0 Å². The number of para-hydroxylation sites is 1. The average Bonchev–Trinajstić information content (AvgIpc) is 2.67. The molecule has 3 rings (SSSR count). The van der Waals surface area contributed by atoms with E-state index in [9.17, 15) is 14.9 Å². The van der Waals surface area contributed by atoms with Gasteiger partial charge in [0.1, 0.15) is 11.4 Å². The average molecular weight is 548 g/mol. The zero-order chi connectivity index (χ0) is 21.1. The molecule has 0 unspecified atom stereocenters. The Kier molecular flexibility index (Phi) is 7.02. The minimum absolute atomic E-state index is 0.0313. The smallest absolute Gasteiger partial charge is 0.294 e. The minimum Gasteiger partial charge on any atom is -0.482 e. The number of benzene rings is 2. The van der Waals surface area contributed by atoms with Crippen molar-refractivity contribution in [3.8, 4) is 5.75 Å². The lowest BCUT2D eigenvalue weighted by atomic mass is 10.2. The summed E-state index contributed by atoms with van der Waals surface area (Å²) in [5.41, 5.74) is 1.28. The van der Waals surface area contributed by atoms with Gasteiger partial charge in [-0.3, -0.25) is 14.9 Å². The van der Waals surface area contributed by atoms with Crippen molar-refractivity contribution in [3.63, 3.8) is 0 Å². The summed E-state index contributed by atoms with van der Waals surface area (Å²) in [5.74, 6) is 0.499. The monoisotopic (exact) mass is 545 g/mol. The molecule has 0 spiro atoms. The second-order valence-electron chi connectivity index (χ2n) is 6.55. The van der Waals surface area contributed by atoms with Gasteiger partial charge in [0.05, 0.1) is 14.4 Å². The number of rotatable bonds is 5. The highest BCUT2D eigenvalue weighted by Crippen LogP contribution is 2.36. The van der Waals surface area contributed by atoms with Crippen molar-refractivity contribution in [2.45, 2.75) is 6.92 Å². The van der Waals surface area contributed by atoms with Crippen molar-refractivity contribution in [3.05, 3.63) is 60.0 Å². The summed E-state index contributed by atoms with van der Waals surface area (Å²) in [4.78, 5) is 27.0. The van der Waals surface area contributed by atoms with Gasteiger partial charge < -0.3 is 14.5 Å². The lowest BCUT2D eigenvalue weighted by Gasteiger charge is -2.36. The van der Waals surface area contributed by atoms with Crippen LogP contribution in [0.1, 0.15) is 5.56 Å². The predicted molar refractivity (Wildman–Crippen MR) is 119 cm³/mol. The fourth-order valence-corrected chi connectivity index (χ4v) is 5.08. The molecule has 0 radical (unpaired) electrons. The number of nitro benzene ring substituents is 1. The molecule has 1 heterocycles. The number of carbonyl (C=O) groups is 1. The van der Waals surface area contributed by atoms with Crippen LogP contribution in [0, 0.1) is 17.0 Å². The lowest BCUT2D eigenvalue weighted by molar-refractivity contribution is -0.384. The number of amides is 1. The van der Waals surface area contributed by atoms with E-state index >= 15 is 0 Å². The number of hydrogen-bond acceptors (Lipinski definition) is 5. The van der Waals surface area contributed by atoms with Crippen LogP contribution in [0.5, 0.6) is 5.75 Å². The van der Waals surface area contributed by atoms with E-state index in [0.717, 1.165) is 14.5 Å². The van der Waals surface area contributed by atoms with E-state index in [1.54, 1.807) is 17.0 Å². The molecular weight excluding hydrogens is 529 g/mol. The van der Waals surface area contributed by atoms with Gasteiger partial charge in [-0.15, -0.1) is 0 Å². The first-order valence-electron chi connectivity index (χ1n) is 8.82. The maximum Gasteiger partial charge on any atom is 0.294 e. The van der Waals surface area contributed by atoms with Crippen LogP contribution in [-0.2, 0) is 4.79 Å². The Morgan fingerprint density at radius 2 is 1.93 bits per heavy atom. The zero-order valence-corrected chi connectivity index (χ0v) is 19.5. The van der Waals surface area contributed by atoms with Crippen molar-refractivity contribution in [2.24, 2.45) is 0 Å². The largest absolute Gasteiger partial charge is 0.482 e. The van der Waals surface area contributed by atoms with Gasteiger partial charge >= 0.3 is 0 Å². The molecule has 0 aromatic heterocycles. The third kappa shape index (κ3) is 5.02. The van der Waals surface area contributed by atoms with Gasteiger partial charge in [0.2, 0.25) is 0 Å². The maximum absolute atomic E-state index is 12.6.